The molecule has 0 aliphatic carbocycles. The van der Waals surface area contributed by atoms with E-state index in [1.807, 2.05) is 26.0 Å². The summed E-state index contributed by atoms with van der Waals surface area (Å²) >= 11 is 0. The van der Waals surface area contributed by atoms with Crippen molar-refractivity contribution >= 4 is 5.78 Å². The number of aryl methyl sites for hydroxylation is 1. The Morgan fingerprint density at radius 3 is 2.72 bits per heavy atom. The van der Waals surface area contributed by atoms with Crippen LogP contribution in [0.2, 0.25) is 0 Å². The van der Waals surface area contributed by atoms with Gasteiger partial charge in [0, 0.05) is 12.6 Å². The maximum atomic E-state index is 11.4. The molecule has 0 aromatic carbocycles. The molecular formula is C14H14N2O2. The number of rotatable bonds is 4. The average Bonchev–Trinajstić information content (AvgIpc) is 2.41. The Labute approximate surface area is 106 Å². The van der Waals surface area contributed by atoms with Gasteiger partial charge in [0.05, 0.1) is 11.9 Å². The van der Waals surface area contributed by atoms with Crippen LogP contribution in [-0.4, -0.2) is 15.8 Å². The number of aromatic nitrogens is 2. The van der Waals surface area contributed by atoms with Crippen LogP contribution in [0.25, 0.3) is 0 Å². The zero-order valence-corrected chi connectivity index (χ0v) is 10.4. The van der Waals surface area contributed by atoms with E-state index in [2.05, 4.69) is 9.97 Å². The fourth-order valence-corrected chi connectivity index (χ4v) is 1.49. The van der Waals surface area contributed by atoms with Crippen LogP contribution in [0.5, 0.6) is 11.5 Å². The SMILES string of the molecule is CCC(=O)c1ccc(Oc2cccnc2C)cn1. The molecule has 2 heterocycles. The Morgan fingerprint density at radius 1 is 1.28 bits per heavy atom. The van der Waals surface area contributed by atoms with Crippen molar-refractivity contribution in [2.75, 3.05) is 0 Å². The highest BCUT2D eigenvalue weighted by Crippen LogP contribution is 2.22. The lowest BCUT2D eigenvalue weighted by Gasteiger charge is -2.07. The van der Waals surface area contributed by atoms with Crippen molar-refractivity contribution in [2.45, 2.75) is 20.3 Å². The van der Waals surface area contributed by atoms with Gasteiger partial charge in [0.15, 0.2) is 5.78 Å². The highest BCUT2D eigenvalue weighted by atomic mass is 16.5. The summed E-state index contributed by atoms with van der Waals surface area (Å²) in [5.41, 5.74) is 1.28. The van der Waals surface area contributed by atoms with E-state index in [4.69, 9.17) is 4.74 Å². The molecule has 0 saturated heterocycles. The van der Waals surface area contributed by atoms with Gasteiger partial charge in [-0.1, -0.05) is 6.92 Å². The van der Waals surface area contributed by atoms with Gasteiger partial charge in [-0.15, -0.1) is 0 Å². The number of hydrogen-bond donors (Lipinski definition) is 0. The van der Waals surface area contributed by atoms with Crippen LogP contribution in [-0.2, 0) is 0 Å². The topological polar surface area (TPSA) is 52.1 Å². The van der Waals surface area contributed by atoms with Gasteiger partial charge in [-0.25, -0.2) is 4.98 Å². The normalized spacial score (nSPS) is 10.1. The highest BCUT2D eigenvalue weighted by molar-refractivity contribution is 5.93. The summed E-state index contributed by atoms with van der Waals surface area (Å²) in [6.07, 6.45) is 3.72. The van der Waals surface area contributed by atoms with Gasteiger partial charge < -0.3 is 4.74 Å². The number of pyridine rings is 2. The second-order valence-electron chi connectivity index (χ2n) is 3.84. The Morgan fingerprint density at radius 2 is 2.11 bits per heavy atom. The van der Waals surface area contributed by atoms with Crippen LogP contribution in [0.15, 0.2) is 36.7 Å². The van der Waals surface area contributed by atoms with Crippen LogP contribution < -0.4 is 4.74 Å². The molecule has 18 heavy (non-hydrogen) atoms. The quantitative estimate of drug-likeness (QED) is 0.773. The molecule has 92 valence electrons. The minimum absolute atomic E-state index is 0.0270. The van der Waals surface area contributed by atoms with Crippen LogP contribution in [0.4, 0.5) is 0 Å². The van der Waals surface area contributed by atoms with Crippen molar-refractivity contribution in [3.63, 3.8) is 0 Å². The lowest BCUT2D eigenvalue weighted by molar-refractivity contribution is 0.0983. The van der Waals surface area contributed by atoms with Crippen molar-refractivity contribution in [2.24, 2.45) is 0 Å². The third-order valence-corrected chi connectivity index (χ3v) is 2.53. The zero-order valence-electron chi connectivity index (χ0n) is 10.4. The average molecular weight is 242 g/mol. The van der Waals surface area contributed by atoms with Crippen molar-refractivity contribution in [3.8, 4) is 11.5 Å². The Hall–Kier alpha value is -2.23. The zero-order chi connectivity index (χ0) is 13.0. The third kappa shape index (κ3) is 2.71. The predicted molar refractivity (Wildman–Crippen MR) is 67.9 cm³/mol. The Kier molecular flexibility index (Phi) is 3.67. The van der Waals surface area contributed by atoms with E-state index in [0.717, 1.165) is 5.69 Å². The maximum Gasteiger partial charge on any atom is 0.180 e. The molecule has 2 aromatic heterocycles. The van der Waals surface area contributed by atoms with Crippen LogP contribution in [0.3, 0.4) is 0 Å². The number of ketones is 1. The van der Waals surface area contributed by atoms with E-state index < -0.39 is 0 Å². The molecule has 0 saturated carbocycles. The fourth-order valence-electron chi connectivity index (χ4n) is 1.49. The summed E-state index contributed by atoms with van der Waals surface area (Å²) in [6, 6.07) is 7.06. The van der Waals surface area contributed by atoms with Crippen molar-refractivity contribution in [1.82, 2.24) is 9.97 Å². The van der Waals surface area contributed by atoms with E-state index in [1.54, 1.807) is 24.5 Å². The van der Waals surface area contributed by atoms with Gasteiger partial charge in [0.25, 0.3) is 0 Å². The first-order valence-electron chi connectivity index (χ1n) is 5.79. The van der Waals surface area contributed by atoms with Crippen LogP contribution in [0, 0.1) is 6.92 Å². The minimum atomic E-state index is 0.0270. The lowest BCUT2D eigenvalue weighted by Crippen LogP contribution is -1.99. The van der Waals surface area contributed by atoms with Gasteiger partial charge in [0.2, 0.25) is 0 Å². The summed E-state index contributed by atoms with van der Waals surface area (Å²) < 4.78 is 5.64. The van der Waals surface area contributed by atoms with E-state index in [-0.39, 0.29) is 5.78 Å². The molecule has 0 aliphatic rings. The van der Waals surface area contributed by atoms with Crippen molar-refractivity contribution in [1.29, 1.82) is 0 Å². The first-order chi connectivity index (χ1) is 8.70. The van der Waals surface area contributed by atoms with E-state index in [9.17, 15) is 4.79 Å². The first-order valence-corrected chi connectivity index (χ1v) is 5.79. The molecule has 0 N–H and O–H groups in total. The molecule has 0 bridgehead atoms. The standard InChI is InChI=1S/C14H14N2O2/c1-3-13(17)12-7-6-11(9-16-12)18-14-5-4-8-15-10(14)2/h4-9H,3H2,1-2H3. The smallest absolute Gasteiger partial charge is 0.180 e. The molecule has 2 aromatic rings. The Bertz CT molecular complexity index is 550. The number of carbonyl (C=O) groups is 1. The van der Waals surface area contributed by atoms with Gasteiger partial charge >= 0.3 is 0 Å². The molecule has 0 spiro atoms. The summed E-state index contributed by atoms with van der Waals surface area (Å²) in [5, 5.41) is 0. The lowest BCUT2D eigenvalue weighted by atomic mass is 10.2. The summed E-state index contributed by atoms with van der Waals surface area (Å²) in [7, 11) is 0. The van der Waals surface area contributed by atoms with Gasteiger partial charge in [0.1, 0.15) is 17.2 Å². The van der Waals surface area contributed by atoms with E-state index in [1.165, 1.54) is 0 Å². The van der Waals surface area contributed by atoms with Gasteiger partial charge in [-0.05, 0) is 31.2 Å². The summed E-state index contributed by atoms with van der Waals surface area (Å²) in [6.45, 7) is 3.69. The monoisotopic (exact) mass is 242 g/mol. The molecule has 0 radical (unpaired) electrons. The number of ether oxygens (including phenoxy) is 1. The Balaban J connectivity index is 2.16. The van der Waals surface area contributed by atoms with E-state index in [0.29, 0.717) is 23.6 Å². The molecule has 4 nitrogen and oxygen atoms in total. The maximum absolute atomic E-state index is 11.4. The summed E-state index contributed by atoms with van der Waals surface area (Å²) in [5.74, 6) is 1.31. The molecule has 4 heteroatoms. The third-order valence-electron chi connectivity index (χ3n) is 2.53. The highest BCUT2D eigenvalue weighted by Gasteiger charge is 2.06. The molecule has 2 rings (SSSR count). The second-order valence-corrected chi connectivity index (χ2v) is 3.84. The number of Topliss-reactive ketones (excluding diaryl/α,β-unsaturated/α-hetero) is 1. The molecule has 0 unspecified atom stereocenters. The van der Waals surface area contributed by atoms with E-state index >= 15 is 0 Å². The molecular weight excluding hydrogens is 228 g/mol. The largest absolute Gasteiger partial charge is 0.454 e. The van der Waals surface area contributed by atoms with Crippen LogP contribution >= 0.6 is 0 Å². The van der Waals surface area contributed by atoms with Gasteiger partial charge in [-0.2, -0.15) is 0 Å². The fraction of sp³-hybridized carbons (Fsp3) is 0.214. The number of carbonyl (C=O) groups excluding carboxylic acids is 1. The van der Waals surface area contributed by atoms with Crippen LogP contribution in [0.1, 0.15) is 29.5 Å². The minimum Gasteiger partial charge on any atom is -0.454 e. The van der Waals surface area contributed by atoms with Gasteiger partial charge in [-0.3, -0.25) is 9.78 Å². The molecule has 0 aliphatic heterocycles. The second kappa shape index (κ2) is 5.40. The predicted octanol–water partition coefficient (Wildman–Crippen LogP) is 3.17. The summed E-state index contributed by atoms with van der Waals surface area (Å²) in [4.78, 5) is 19.6. The first kappa shape index (κ1) is 12.2. The van der Waals surface area contributed by atoms with Crippen molar-refractivity contribution in [3.05, 3.63) is 48.0 Å². The van der Waals surface area contributed by atoms with Crippen molar-refractivity contribution < 1.29 is 9.53 Å². The molecule has 0 amide bonds. The number of nitrogens with zero attached hydrogens (tertiary/aromatic N) is 2. The number of hydrogen-bond acceptors (Lipinski definition) is 4. The molecule has 0 atom stereocenters. The molecule has 0 fully saturated rings.